The molecule has 0 unspecified atom stereocenters. The van der Waals surface area contributed by atoms with Gasteiger partial charge in [0.2, 0.25) is 0 Å². The Morgan fingerprint density at radius 2 is 1.81 bits per heavy atom. The molecular weight excluding hydrogens is 212 g/mol. The highest BCUT2D eigenvalue weighted by Crippen LogP contribution is 2.27. The highest BCUT2D eigenvalue weighted by atomic mass is 32.2. The zero-order valence-corrected chi connectivity index (χ0v) is 9.55. The second-order valence-electron chi connectivity index (χ2n) is 4.19. The van der Waals surface area contributed by atoms with Crippen molar-refractivity contribution in [2.45, 2.75) is 4.90 Å². The van der Waals surface area contributed by atoms with E-state index in [-0.39, 0.29) is 0 Å². The van der Waals surface area contributed by atoms with E-state index in [1.165, 1.54) is 32.0 Å². The van der Waals surface area contributed by atoms with Gasteiger partial charge in [0, 0.05) is 10.6 Å². The van der Waals surface area contributed by atoms with Crippen molar-refractivity contribution < 1.29 is 0 Å². The highest BCUT2D eigenvalue weighted by Gasteiger charge is 2.14. The fraction of sp³-hybridized carbons (Fsp3) is 0.0667. The molecule has 1 heterocycles. The third kappa shape index (κ3) is 1.01. The van der Waals surface area contributed by atoms with Gasteiger partial charge in [-0.15, -0.1) is 11.8 Å². The second kappa shape index (κ2) is 3.02. The van der Waals surface area contributed by atoms with E-state index in [2.05, 4.69) is 48.6 Å². The normalized spacial score (nSPS) is 14.8. The lowest BCUT2D eigenvalue weighted by molar-refractivity contribution is 1.36. The minimum Gasteiger partial charge on any atom is -0.121 e. The van der Waals surface area contributed by atoms with Gasteiger partial charge in [0.25, 0.3) is 0 Å². The first kappa shape index (κ1) is 8.66. The maximum absolute atomic E-state index is 2.35. The lowest BCUT2D eigenvalue weighted by atomic mass is 10.0. The van der Waals surface area contributed by atoms with E-state index in [0.717, 1.165) is 5.75 Å². The lowest BCUT2D eigenvalue weighted by Gasteiger charge is -2.01. The molecule has 0 saturated carbocycles. The molecule has 0 N–H and O–H groups in total. The van der Waals surface area contributed by atoms with Gasteiger partial charge in [-0.2, -0.15) is 0 Å². The van der Waals surface area contributed by atoms with Crippen LogP contribution < -0.4 is 10.4 Å². The summed E-state index contributed by atoms with van der Waals surface area (Å²) in [5.41, 5.74) is 4.13. The van der Waals surface area contributed by atoms with Gasteiger partial charge in [-0.05, 0) is 39.3 Å². The molecule has 0 spiro atoms. The van der Waals surface area contributed by atoms with Crippen molar-refractivity contribution in [1.29, 1.82) is 0 Å². The largest absolute Gasteiger partial charge is 0.121 e. The van der Waals surface area contributed by atoms with Crippen molar-refractivity contribution in [3.63, 3.8) is 0 Å². The Bertz CT molecular complexity index is 711. The first-order chi connectivity index (χ1) is 7.93. The Morgan fingerprint density at radius 3 is 2.81 bits per heavy atom. The average Bonchev–Trinajstić information content (AvgIpc) is 2.92. The second-order valence-corrected chi connectivity index (χ2v) is 5.25. The fourth-order valence-electron chi connectivity index (χ4n) is 2.58. The predicted octanol–water partition coefficient (Wildman–Crippen LogP) is 2.38. The van der Waals surface area contributed by atoms with Gasteiger partial charge in [0.1, 0.15) is 0 Å². The summed E-state index contributed by atoms with van der Waals surface area (Å²) in [7, 11) is 0. The fourth-order valence-corrected chi connectivity index (χ4v) is 3.52. The van der Waals surface area contributed by atoms with Crippen LogP contribution >= 0.6 is 11.8 Å². The molecule has 2 aromatic rings. The van der Waals surface area contributed by atoms with Crippen LogP contribution in [0.1, 0.15) is 5.56 Å². The Hall–Kier alpha value is -1.47. The molecule has 2 aliphatic rings. The Balaban J connectivity index is 2.19. The summed E-state index contributed by atoms with van der Waals surface area (Å²) < 4.78 is 0. The summed E-state index contributed by atoms with van der Waals surface area (Å²) >= 11 is 1.94. The van der Waals surface area contributed by atoms with Crippen molar-refractivity contribution in [2.75, 3.05) is 5.75 Å². The van der Waals surface area contributed by atoms with Crippen molar-refractivity contribution in [3.8, 4) is 11.1 Å². The predicted molar refractivity (Wildman–Crippen MR) is 69.9 cm³/mol. The number of fused-ring (bicyclic) bond motifs is 5. The standard InChI is InChI=1S/C15H10S/c1-2-4-11-10(3-1)9-14-12(11)5-6-15-13(14)7-8-16-15/h1-7,9H,8H2. The molecule has 1 aliphatic carbocycles. The molecule has 76 valence electrons. The molecule has 4 rings (SSSR count). The van der Waals surface area contributed by atoms with E-state index >= 15 is 0 Å². The third-order valence-corrected chi connectivity index (χ3v) is 4.32. The van der Waals surface area contributed by atoms with E-state index in [9.17, 15) is 0 Å². The molecule has 0 nitrogen and oxygen atoms in total. The number of benzene rings is 2. The molecule has 0 saturated heterocycles. The van der Waals surface area contributed by atoms with Crippen molar-refractivity contribution >= 4 is 23.9 Å². The molecule has 0 radical (unpaired) electrons. The van der Waals surface area contributed by atoms with Crippen LogP contribution in [0.2, 0.25) is 0 Å². The Morgan fingerprint density at radius 1 is 0.875 bits per heavy atom. The minimum atomic E-state index is 1.12. The van der Waals surface area contributed by atoms with E-state index in [0.29, 0.717) is 0 Å². The van der Waals surface area contributed by atoms with E-state index in [1.807, 2.05) is 11.8 Å². The first-order valence-corrected chi connectivity index (χ1v) is 6.49. The summed E-state index contributed by atoms with van der Waals surface area (Å²) in [5, 5.41) is 2.86. The number of hydrogen-bond donors (Lipinski definition) is 0. The lowest BCUT2D eigenvalue weighted by Crippen LogP contribution is -2.24. The molecule has 2 aromatic carbocycles. The maximum atomic E-state index is 2.35. The van der Waals surface area contributed by atoms with Gasteiger partial charge < -0.3 is 0 Å². The monoisotopic (exact) mass is 222 g/mol. The number of hydrogen-bond acceptors (Lipinski definition) is 1. The topological polar surface area (TPSA) is 0 Å². The summed E-state index contributed by atoms with van der Waals surface area (Å²) in [6, 6.07) is 13.2. The van der Waals surface area contributed by atoms with Crippen LogP contribution in [0.3, 0.4) is 0 Å². The molecule has 0 aromatic heterocycles. The zero-order chi connectivity index (χ0) is 10.5. The van der Waals surface area contributed by atoms with Gasteiger partial charge in [-0.1, -0.05) is 36.4 Å². The van der Waals surface area contributed by atoms with Crippen molar-refractivity contribution in [2.24, 2.45) is 0 Å². The van der Waals surface area contributed by atoms with E-state index in [1.54, 1.807) is 0 Å². The molecule has 1 aliphatic heterocycles. The van der Waals surface area contributed by atoms with Crippen LogP contribution in [0.4, 0.5) is 0 Å². The van der Waals surface area contributed by atoms with Crippen LogP contribution in [0.25, 0.3) is 23.3 Å². The Kier molecular flexibility index (Phi) is 1.63. The first-order valence-electron chi connectivity index (χ1n) is 5.51. The highest BCUT2D eigenvalue weighted by molar-refractivity contribution is 7.99. The molecule has 0 fully saturated rings. The van der Waals surface area contributed by atoms with Gasteiger partial charge in [-0.3, -0.25) is 0 Å². The van der Waals surface area contributed by atoms with Gasteiger partial charge in [-0.25, -0.2) is 0 Å². The van der Waals surface area contributed by atoms with Gasteiger partial charge in [0.05, 0.1) is 0 Å². The quantitative estimate of drug-likeness (QED) is 0.563. The van der Waals surface area contributed by atoms with Crippen LogP contribution in [0, 0.1) is 0 Å². The molecule has 16 heavy (non-hydrogen) atoms. The van der Waals surface area contributed by atoms with Crippen LogP contribution in [-0.2, 0) is 0 Å². The zero-order valence-electron chi connectivity index (χ0n) is 8.73. The van der Waals surface area contributed by atoms with Crippen LogP contribution in [-0.4, -0.2) is 5.75 Å². The third-order valence-electron chi connectivity index (χ3n) is 3.32. The summed E-state index contributed by atoms with van der Waals surface area (Å²) in [4.78, 5) is 1.43. The van der Waals surface area contributed by atoms with Gasteiger partial charge in [0.15, 0.2) is 0 Å². The SMILES string of the molecule is C1=c2c(ccc3c2=Cc2ccccc2-3)SC1. The van der Waals surface area contributed by atoms with Crippen LogP contribution in [0.5, 0.6) is 0 Å². The van der Waals surface area contributed by atoms with Crippen LogP contribution in [0.15, 0.2) is 41.3 Å². The summed E-state index contributed by atoms with van der Waals surface area (Å²) in [6.07, 6.45) is 4.67. The molecule has 0 amide bonds. The molecule has 0 bridgehead atoms. The summed E-state index contributed by atoms with van der Waals surface area (Å²) in [5.74, 6) is 1.12. The van der Waals surface area contributed by atoms with Crippen molar-refractivity contribution in [1.82, 2.24) is 0 Å². The number of thioether (sulfide) groups is 1. The van der Waals surface area contributed by atoms with Gasteiger partial charge >= 0.3 is 0 Å². The number of rotatable bonds is 0. The smallest absolute Gasteiger partial charge is 0.0170 e. The maximum Gasteiger partial charge on any atom is 0.0170 e. The average molecular weight is 222 g/mol. The van der Waals surface area contributed by atoms with E-state index < -0.39 is 0 Å². The Labute approximate surface area is 98.3 Å². The summed E-state index contributed by atoms with van der Waals surface area (Å²) in [6.45, 7) is 0. The van der Waals surface area contributed by atoms with E-state index in [4.69, 9.17) is 0 Å². The molecular formula is C15H10S. The van der Waals surface area contributed by atoms with Crippen molar-refractivity contribution in [3.05, 3.63) is 52.4 Å². The molecule has 1 heteroatoms. The minimum absolute atomic E-state index is 1.12. The molecule has 0 atom stereocenters.